The van der Waals surface area contributed by atoms with E-state index in [1.54, 1.807) is 36.4 Å². The summed E-state index contributed by atoms with van der Waals surface area (Å²) >= 11 is 0. The standard InChI is InChI=1S/C16H13NO5/c1-21-16-7-6-9(22-16)8-12(18)13(16)17-14(19)10-4-2-3-5-11(10)15(17)20/h2-7,9,13H,8H2,1H3/t9-,13+,16+/m1/s1. The molecule has 3 aliphatic heterocycles. The van der Waals surface area contributed by atoms with Crippen LogP contribution in [0, 0.1) is 0 Å². The molecule has 6 nitrogen and oxygen atoms in total. The van der Waals surface area contributed by atoms with Crippen LogP contribution < -0.4 is 0 Å². The molecular formula is C16H13NO5. The minimum atomic E-state index is -1.38. The number of ketones is 1. The summed E-state index contributed by atoms with van der Waals surface area (Å²) in [5.74, 6) is -2.60. The van der Waals surface area contributed by atoms with Crippen LogP contribution in [-0.2, 0) is 14.3 Å². The summed E-state index contributed by atoms with van der Waals surface area (Å²) in [6.07, 6.45) is 3.12. The third-order valence-corrected chi connectivity index (χ3v) is 4.37. The highest BCUT2D eigenvalue weighted by Crippen LogP contribution is 2.40. The second-order valence-corrected chi connectivity index (χ2v) is 5.54. The summed E-state index contributed by atoms with van der Waals surface area (Å²) < 4.78 is 11.1. The second-order valence-electron chi connectivity index (χ2n) is 5.54. The summed E-state index contributed by atoms with van der Waals surface area (Å²) in [7, 11) is 1.40. The van der Waals surface area contributed by atoms with E-state index in [0.29, 0.717) is 11.1 Å². The van der Waals surface area contributed by atoms with Crippen molar-refractivity contribution in [3.8, 4) is 0 Å². The van der Waals surface area contributed by atoms with Gasteiger partial charge in [-0.1, -0.05) is 18.2 Å². The van der Waals surface area contributed by atoms with Gasteiger partial charge >= 0.3 is 0 Å². The smallest absolute Gasteiger partial charge is 0.262 e. The van der Waals surface area contributed by atoms with E-state index in [1.165, 1.54) is 7.11 Å². The van der Waals surface area contributed by atoms with Crippen molar-refractivity contribution >= 4 is 17.6 Å². The molecule has 6 heteroatoms. The van der Waals surface area contributed by atoms with E-state index in [2.05, 4.69) is 0 Å². The number of nitrogens with zero attached hydrogens (tertiary/aromatic N) is 1. The topological polar surface area (TPSA) is 72.9 Å². The molecule has 1 aromatic carbocycles. The van der Waals surface area contributed by atoms with E-state index >= 15 is 0 Å². The second kappa shape index (κ2) is 4.34. The summed E-state index contributed by atoms with van der Waals surface area (Å²) in [6.45, 7) is 0. The van der Waals surface area contributed by atoms with Gasteiger partial charge in [0.15, 0.2) is 11.8 Å². The largest absolute Gasteiger partial charge is 0.348 e. The third kappa shape index (κ3) is 1.53. The number of benzene rings is 1. The normalized spacial score (nSPS) is 32.8. The lowest BCUT2D eigenvalue weighted by atomic mass is 9.96. The molecule has 4 rings (SSSR count). The molecule has 3 heterocycles. The Hall–Kier alpha value is -2.31. The quantitative estimate of drug-likeness (QED) is 0.600. The van der Waals surface area contributed by atoms with Crippen LogP contribution in [0.4, 0.5) is 0 Å². The lowest BCUT2D eigenvalue weighted by Crippen LogP contribution is -2.62. The molecule has 2 bridgehead atoms. The van der Waals surface area contributed by atoms with Gasteiger partial charge in [0.25, 0.3) is 11.8 Å². The molecule has 112 valence electrons. The first-order chi connectivity index (χ1) is 10.6. The Bertz CT molecular complexity index is 705. The summed E-state index contributed by atoms with van der Waals surface area (Å²) in [6, 6.07) is 5.43. The van der Waals surface area contributed by atoms with Crippen LogP contribution in [0.25, 0.3) is 0 Å². The van der Waals surface area contributed by atoms with Gasteiger partial charge in [0.2, 0.25) is 5.79 Å². The maximum absolute atomic E-state index is 12.6. The average Bonchev–Trinajstić information content (AvgIpc) is 3.00. The molecule has 0 aromatic heterocycles. The van der Waals surface area contributed by atoms with Crippen molar-refractivity contribution in [1.29, 1.82) is 0 Å². The summed E-state index contributed by atoms with van der Waals surface area (Å²) in [5.41, 5.74) is 0.603. The van der Waals surface area contributed by atoms with Gasteiger partial charge in [-0.2, -0.15) is 0 Å². The molecule has 1 aromatic rings. The van der Waals surface area contributed by atoms with Crippen molar-refractivity contribution in [2.75, 3.05) is 7.11 Å². The molecule has 3 atom stereocenters. The van der Waals surface area contributed by atoms with Crippen molar-refractivity contribution in [1.82, 2.24) is 4.90 Å². The van der Waals surface area contributed by atoms with Crippen molar-refractivity contribution in [3.63, 3.8) is 0 Å². The van der Waals surface area contributed by atoms with Gasteiger partial charge in [-0.25, -0.2) is 0 Å². The van der Waals surface area contributed by atoms with E-state index in [0.717, 1.165) is 4.90 Å². The van der Waals surface area contributed by atoms with Crippen LogP contribution in [0.3, 0.4) is 0 Å². The Morgan fingerprint density at radius 1 is 1.18 bits per heavy atom. The number of imide groups is 1. The maximum atomic E-state index is 12.6. The molecule has 2 amide bonds. The monoisotopic (exact) mass is 299 g/mol. The van der Waals surface area contributed by atoms with E-state index in [1.807, 2.05) is 0 Å². The minimum Gasteiger partial charge on any atom is -0.348 e. The summed E-state index contributed by atoms with van der Waals surface area (Å²) in [4.78, 5) is 38.7. The van der Waals surface area contributed by atoms with Crippen LogP contribution in [0.5, 0.6) is 0 Å². The molecular weight excluding hydrogens is 286 g/mol. The Balaban J connectivity index is 1.82. The molecule has 1 fully saturated rings. The minimum absolute atomic E-state index is 0.125. The highest BCUT2D eigenvalue weighted by Gasteiger charge is 2.58. The van der Waals surface area contributed by atoms with Crippen molar-refractivity contribution < 1.29 is 23.9 Å². The molecule has 22 heavy (non-hydrogen) atoms. The molecule has 0 unspecified atom stereocenters. The Morgan fingerprint density at radius 2 is 1.82 bits per heavy atom. The fraction of sp³-hybridized carbons (Fsp3) is 0.312. The van der Waals surface area contributed by atoms with Crippen molar-refractivity contribution in [2.45, 2.75) is 24.4 Å². The lowest BCUT2D eigenvalue weighted by Gasteiger charge is -2.41. The zero-order valence-corrected chi connectivity index (χ0v) is 11.8. The fourth-order valence-electron chi connectivity index (χ4n) is 3.35. The van der Waals surface area contributed by atoms with Crippen molar-refractivity contribution in [3.05, 3.63) is 47.5 Å². The maximum Gasteiger partial charge on any atom is 0.262 e. The highest BCUT2D eigenvalue weighted by molar-refractivity contribution is 6.23. The number of carbonyl (C=O) groups excluding carboxylic acids is 3. The van der Waals surface area contributed by atoms with E-state index < -0.39 is 23.6 Å². The van der Waals surface area contributed by atoms with Gasteiger partial charge in [0.1, 0.15) is 0 Å². The van der Waals surface area contributed by atoms with Crippen LogP contribution in [-0.4, -0.2) is 47.5 Å². The Morgan fingerprint density at radius 3 is 2.41 bits per heavy atom. The van der Waals surface area contributed by atoms with Crippen LogP contribution in [0.1, 0.15) is 27.1 Å². The first kappa shape index (κ1) is 13.4. The predicted molar refractivity (Wildman–Crippen MR) is 74.1 cm³/mol. The zero-order chi connectivity index (χ0) is 15.5. The molecule has 0 radical (unpaired) electrons. The number of amides is 2. The van der Waals surface area contributed by atoms with Gasteiger partial charge < -0.3 is 9.47 Å². The zero-order valence-electron chi connectivity index (χ0n) is 11.8. The summed E-state index contributed by atoms with van der Waals surface area (Å²) in [5, 5.41) is 0. The molecule has 1 saturated heterocycles. The number of methoxy groups -OCH3 is 1. The van der Waals surface area contributed by atoms with Gasteiger partial charge in [-0.05, 0) is 18.2 Å². The van der Waals surface area contributed by atoms with Crippen LogP contribution in [0.2, 0.25) is 0 Å². The van der Waals surface area contributed by atoms with Gasteiger partial charge in [0.05, 0.1) is 17.2 Å². The molecule has 0 N–H and O–H groups in total. The van der Waals surface area contributed by atoms with Crippen molar-refractivity contribution in [2.24, 2.45) is 0 Å². The highest BCUT2D eigenvalue weighted by atomic mass is 16.7. The molecule has 0 spiro atoms. The third-order valence-electron chi connectivity index (χ3n) is 4.37. The number of carbonyl (C=O) groups is 3. The van der Waals surface area contributed by atoms with Gasteiger partial charge in [-0.15, -0.1) is 0 Å². The van der Waals surface area contributed by atoms with Gasteiger partial charge in [-0.3, -0.25) is 19.3 Å². The number of rotatable bonds is 2. The SMILES string of the molecule is CO[C@]12C=C[C@H](CC(=O)[C@@H]1N1C(=O)c3ccccc3C1=O)O2. The Kier molecular flexibility index (Phi) is 2.64. The van der Waals surface area contributed by atoms with E-state index in [9.17, 15) is 14.4 Å². The number of ether oxygens (including phenoxy) is 2. The first-order valence-electron chi connectivity index (χ1n) is 6.99. The fourth-order valence-corrected chi connectivity index (χ4v) is 3.35. The molecule has 0 saturated carbocycles. The van der Waals surface area contributed by atoms with Crippen LogP contribution >= 0.6 is 0 Å². The van der Waals surface area contributed by atoms with E-state index in [-0.39, 0.29) is 18.3 Å². The van der Waals surface area contributed by atoms with Gasteiger partial charge in [0, 0.05) is 13.5 Å². The first-order valence-corrected chi connectivity index (χ1v) is 6.99. The average molecular weight is 299 g/mol. The number of hydrogen-bond donors (Lipinski definition) is 0. The van der Waals surface area contributed by atoms with E-state index in [4.69, 9.17) is 9.47 Å². The molecule has 0 aliphatic carbocycles. The number of hydrogen-bond acceptors (Lipinski definition) is 5. The molecule has 3 aliphatic rings. The Labute approximate surface area is 126 Å². The number of fused-ring (bicyclic) bond motifs is 3. The van der Waals surface area contributed by atoms with Crippen LogP contribution in [0.15, 0.2) is 36.4 Å². The lowest BCUT2D eigenvalue weighted by molar-refractivity contribution is -0.231. The predicted octanol–water partition coefficient (Wildman–Crippen LogP) is 0.922. The number of Topliss-reactive ketones (excluding diaryl/α,β-unsaturated/α-hetero) is 1.